The maximum Gasteiger partial charge on any atom is 0.310 e. The second-order valence-electron chi connectivity index (χ2n) is 5.53. The Balaban J connectivity index is 1.88. The van der Waals surface area contributed by atoms with Gasteiger partial charge in [0.2, 0.25) is 0 Å². The van der Waals surface area contributed by atoms with Crippen molar-refractivity contribution < 1.29 is 19.1 Å². The Morgan fingerprint density at radius 3 is 2.37 bits per heavy atom. The molecular weight excluding hydrogens is 391 g/mol. The molecule has 2 N–H and O–H groups in total. The van der Waals surface area contributed by atoms with E-state index in [0.29, 0.717) is 33.4 Å². The molecule has 0 heterocycles. The lowest BCUT2D eigenvalue weighted by atomic mass is 10.1. The van der Waals surface area contributed by atoms with E-state index in [1.807, 2.05) is 6.92 Å². The number of amides is 2. The van der Waals surface area contributed by atoms with E-state index in [-0.39, 0.29) is 12.3 Å². The standard InChI is InChI=1S/C19H18Cl2N2O4/c1-2-22-19(26)12-5-3-6-13(9-12)23-17(24)11-27-18(25)10-14-15(20)7-4-8-16(14)21/h3-9H,2,10-11H2,1H3,(H,22,26)(H,23,24). The second kappa shape index (κ2) is 9.94. The number of hydrogen-bond donors (Lipinski definition) is 2. The first-order chi connectivity index (χ1) is 12.9. The van der Waals surface area contributed by atoms with Crippen molar-refractivity contribution in [3.63, 3.8) is 0 Å². The van der Waals surface area contributed by atoms with Gasteiger partial charge in [-0.3, -0.25) is 14.4 Å². The molecule has 0 aliphatic heterocycles. The van der Waals surface area contributed by atoms with Crippen LogP contribution in [0.3, 0.4) is 0 Å². The lowest BCUT2D eigenvalue weighted by molar-refractivity contribution is -0.146. The van der Waals surface area contributed by atoms with Crippen molar-refractivity contribution in [1.29, 1.82) is 0 Å². The molecule has 0 atom stereocenters. The molecule has 8 heteroatoms. The first-order valence-corrected chi connectivity index (χ1v) is 8.93. The van der Waals surface area contributed by atoms with Crippen LogP contribution in [0.15, 0.2) is 42.5 Å². The Labute approximate surface area is 166 Å². The van der Waals surface area contributed by atoms with Crippen LogP contribution in [0, 0.1) is 0 Å². The topological polar surface area (TPSA) is 84.5 Å². The number of carbonyl (C=O) groups excluding carboxylic acids is 3. The van der Waals surface area contributed by atoms with Gasteiger partial charge in [0.25, 0.3) is 11.8 Å². The Morgan fingerprint density at radius 2 is 1.70 bits per heavy atom. The number of esters is 1. The van der Waals surface area contributed by atoms with Crippen LogP contribution in [0.2, 0.25) is 10.0 Å². The predicted molar refractivity (Wildman–Crippen MR) is 104 cm³/mol. The molecule has 0 aliphatic carbocycles. The van der Waals surface area contributed by atoms with E-state index < -0.39 is 18.5 Å². The predicted octanol–water partition coefficient (Wildman–Crippen LogP) is 3.47. The Hall–Kier alpha value is -2.57. The average molecular weight is 409 g/mol. The van der Waals surface area contributed by atoms with Crippen molar-refractivity contribution in [1.82, 2.24) is 5.32 Å². The van der Waals surface area contributed by atoms with Crippen molar-refractivity contribution in [2.45, 2.75) is 13.3 Å². The zero-order valence-corrected chi connectivity index (χ0v) is 16.1. The SMILES string of the molecule is CCNC(=O)c1cccc(NC(=O)COC(=O)Cc2c(Cl)cccc2Cl)c1. The molecule has 0 fully saturated rings. The summed E-state index contributed by atoms with van der Waals surface area (Å²) in [6.45, 7) is 1.85. The summed E-state index contributed by atoms with van der Waals surface area (Å²) in [7, 11) is 0. The summed E-state index contributed by atoms with van der Waals surface area (Å²) in [6.07, 6.45) is -0.140. The summed E-state index contributed by atoms with van der Waals surface area (Å²) in [4.78, 5) is 35.7. The maximum absolute atomic E-state index is 12.0. The van der Waals surface area contributed by atoms with E-state index in [0.717, 1.165) is 0 Å². The molecule has 142 valence electrons. The Kier molecular flexibility index (Phi) is 7.64. The zero-order chi connectivity index (χ0) is 19.8. The number of halogens is 2. The Bertz CT molecular complexity index is 835. The third-order valence-electron chi connectivity index (χ3n) is 3.49. The van der Waals surface area contributed by atoms with Crippen molar-refractivity contribution in [3.8, 4) is 0 Å². The summed E-state index contributed by atoms with van der Waals surface area (Å²) >= 11 is 12.0. The summed E-state index contributed by atoms with van der Waals surface area (Å²) in [5, 5.41) is 5.95. The molecular formula is C19H18Cl2N2O4. The fraction of sp³-hybridized carbons (Fsp3) is 0.211. The van der Waals surface area contributed by atoms with Crippen molar-refractivity contribution in [2.75, 3.05) is 18.5 Å². The molecule has 0 saturated carbocycles. The highest BCUT2D eigenvalue weighted by molar-refractivity contribution is 6.36. The van der Waals surface area contributed by atoms with E-state index in [9.17, 15) is 14.4 Å². The number of benzene rings is 2. The number of carbonyl (C=O) groups is 3. The third-order valence-corrected chi connectivity index (χ3v) is 4.20. The van der Waals surface area contributed by atoms with Crippen LogP contribution in [0.5, 0.6) is 0 Å². The van der Waals surface area contributed by atoms with Crippen molar-refractivity contribution >= 4 is 46.7 Å². The molecule has 2 aromatic carbocycles. The van der Waals surface area contributed by atoms with E-state index in [1.165, 1.54) is 6.07 Å². The van der Waals surface area contributed by atoms with Gasteiger partial charge in [0.15, 0.2) is 6.61 Å². The monoisotopic (exact) mass is 408 g/mol. The molecule has 2 rings (SSSR count). The minimum atomic E-state index is -0.628. The Morgan fingerprint density at radius 1 is 1.04 bits per heavy atom. The molecule has 2 amide bonds. The summed E-state index contributed by atoms with van der Waals surface area (Å²) < 4.78 is 4.96. The van der Waals surface area contributed by atoms with Gasteiger partial charge < -0.3 is 15.4 Å². The van der Waals surface area contributed by atoms with Crippen LogP contribution in [-0.4, -0.2) is 30.9 Å². The van der Waals surface area contributed by atoms with Crippen LogP contribution in [0.25, 0.3) is 0 Å². The maximum atomic E-state index is 12.0. The number of nitrogens with one attached hydrogen (secondary N) is 2. The first kappa shape index (κ1) is 20.7. The molecule has 0 spiro atoms. The third kappa shape index (κ3) is 6.27. The van der Waals surface area contributed by atoms with E-state index >= 15 is 0 Å². The van der Waals surface area contributed by atoms with Crippen LogP contribution in [0.4, 0.5) is 5.69 Å². The highest BCUT2D eigenvalue weighted by atomic mass is 35.5. The van der Waals surface area contributed by atoms with Gasteiger partial charge in [-0.2, -0.15) is 0 Å². The molecule has 0 unspecified atom stereocenters. The average Bonchev–Trinajstić information content (AvgIpc) is 2.63. The number of ether oxygens (including phenoxy) is 1. The quantitative estimate of drug-likeness (QED) is 0.686. The number of rotatable bonds is 7. The lowest BCUT2D eigenvalue weighted by Crippen LogP contribution is -2.24. The van der Waals surface area contributed by atoms with Gasteiger partial charge in [-0.15, -0.1) is 0 Å². The lowest BCUT2D eigenvalue weighted by Gasteiger charge is -2.09. The molecule has 27 heavy (non-hydrogen) atoms. The molecule has 2 aromatic rings. The fourth-order valence-corrected chi connectivity index (χ4v) is 2.77. The van der Waals surface area contributed by atoms with E-state index in [2.05, 4.69) is 10.6 Å². The summed E-state index contributed by atoms with van der Waals surface area (Å²) in [5.41, 5.74) is 1.29. The molecule has 0 radical (unpaired) electrons. The smallest absolute Gasteiger partial charge is 0.310 e. The summed E-state index contributed by atoms with van der Waals surface area (Å²) in [5.74, 6) is -1.39. The van der Waals surface area contributed by atoms with Gasteiger partial charge in [0, 0.05) is 33.4 Å². The van der Waals surface area contributed by atoms with Crippen molar-refractivity contribution in [3.05, 3.63) is 63.6 Å². The largest absolute Gasteiger partial charge is 0.455 e. The zero-order valence-electron chi connectivity index (χ0n) is 14.6. The number of anilines is 1. The first-order valence-electron chi connectivity index (χ1n) is 8.17. The number of hydrogen-bond acceptors (Lipinski definition) is 4. The fourth-order valence-electron chi connectivity index (χ4n) is 2.24. The molecule has 0 aromatic heterocycles. The van der Waals surface area contributed by atoms with E-state index in [1.54, 1.807) is 36.4 Å². The van der Waals surface area contributed by atoms with Crippen LogP contribution in [-0.2, 0) is 20.7 Å². The molecule has 0 saturated heterocycles. The van der Waals surface area contributed by atoms with Crippen LogP contribution < -0.4 is 10.6 Å². The van der Waals surface area contributed by atoms with Gasteiger partial charge in [0.05, 0.1) is 6.42 Å². The van der Waals surface area contributed by atoms with Gasteiger partial charge in [-0.1, -0.05) is 35.3 Å². The van der Waals surface area contributed by atoms with Gasteiger partial charge in [-0.25, -0.2) is 0 Å². The minimum Gasteiger partial charge on any atom is -0.455 e. The molecule has 6 nitrogen and oxygen atoms in total. The van der Waals surface area contributed by atoms with E-state index in [4.69, 9.17) is 27.9 Å². The summed E-state index contributed by atoms with van der Waals surface area (Å²) in [6, 6.07) is 11.3. The van der Waals surface area contributed by atoms with Crippen LogP contribution in [0.1, 0.15) is 22.8 Å². The molecule has 0 aliphatic rings. The van der Waals surface area contributed by atoms with Gasteiger partial charge in [-0.05, 0) is 37.3 Å². The minimum absolute atomic E-state index is 0.140. The second-order valence-corrected chi connectivity index (χ2v) is 6.34. The van der Waals surface area contributed by atoms with Gasteiger partial charge in [0.1, 0.15) is 0 Å². The highest BCUT2D eigenvalue weighted by Gasteiger charge is 2.14. The normalized spacial score (nSPS) is 10.2. The van der Waals surface area contributed by atoms with Gasteiger partial charge >= 0.3 is 5.97 Å². The highest BCUT2D eigenvalue weighted by Crippen LogP contribution is 2.24. The van der Waals surface area contributed by atoms with Crippen LogP contribution >= 0.6 is 23.2 Å². The van der Waals surface area contributed by atoms with Crippen molar-refractivity contribution in [2.24, 2.45) is 0 Å². The molecule has 0 bridgehead atoms.